The lowest BCUT2D eigenvalue weighted by atomic mass is 10.0. The SMILES string of the molecule is c1cc2c(cc1CCNC1CCCNC1)CCO2. The second-order valence-corrected chi connectivity index (χ2v) is 5.29. The number of piperidine rings is 1. The van der Waals surface area contributed by atoms with Crippen LogP contribution in [0.1, 0.15) is 24.0 Å². The van der Waals surface area contributed by atoms with Crippen LogP contribution in [0.25, 0.3) is 0 Å². The third-order valence-corrected chi connectivity index (χ3v) is 3.90. The van der Waals surface area contributed by atoms with Crippen LogP contribution in [0.3, 0.4) is 0 Å². The van der Waals surface area contributed by atoms with E-state index in [4.69, 9.17) is 4.74 Å². The molecule has 98 valence electrons. The van der Waals surface area contributed by atoms with Crippen molar-refractivity contribution in [2.75, 3.05) is 26.2 Å². The highest BCUT2D eigenvalue weighted by atomic mass is 16.5. The largest absolute Gasteiger partial charge is 0.493 e. The molecule has 3 nitrogen and oxygen atoms in total. The van der Waals surface area contributed by atoms with Gasteiger partial charge in [0.15, 0.2) is 0 Å². The minimum absolute atomic E-state index is 0.663. The number of nitrogens with one attached hydrogen (secondary N) is 2. The van der Waals surface area contributed by atoms with Gasteiger partial charge in [0.25, 0.3) is 0 Å². The molecular formula is C15H22N2O. The van der Waals surface area contributed by atoms with E-state index in [1.54, 1.807) is 0 Å². The summed E-state index contributed by atoms with van der Waals surface area (Å²) in [6, 6.07) is 7.30. The van der Waals surface area contributed by atoms with Gasteiger partial charge in [-0.15, -0.1) is 0 Å². The van der Waals surface area contributed by atoms with Crippen LogP contribution in [-0.4, -0.2) is 32.3 Å². The van der Waals surface area contributed by atoms with E-state index < -0.39 is 0 Å². The maximum Gasteiger partial charge on any atom is 0.122 e. The Kier molecular flexibility index (Phi) is 3.81. The van der Waals surface area contributed by atoms with Crippen LogP contribution in [0.5, 0.6) is 5.75 Å². The number of ether oxygens (including phenoxy) is 1. The molecule has 18 heavy (non-hydrogen) atoms. The lowest BCUT2D eigenvalue weighted by Gasteiger charge is -2.23. The van der Waals surface area contributed by atoms with Crippen LogP contribution in [0.2, 0.25) is 0 Å². The van der Waals surface area contributed by atoms with Crippen molar-refractivity contribution >= 4 is 0 Å². The number of hydrogen-bond donors (Lipinski definition) is 2. The van der Waals surface area contributed by atoms with Gasteiger partial charge in [0.1, 0.15) is 5.75 Å². The van der Waals surface area contributed by atoms with Gasteiger partial charge < -0.3 is 15.4 Å². The van der Waals surface area contributed by atoms with Crippen molar-refractivity contribution in [3.8, 4) is 5.75 Å². The summed E-state index contributed by atoms with van der Waals surface area (Å²) in [6.07, 6.45) is 4.80. The summed E-state index contributed by atoms with van der Waals surface area (Å²) in [5, 5.41) is 7.08. The Morgan fingerprint density at radius 3 is 3.28 bits per heavy atom. The Morgan fingerprint density at radius 1 is 1.39 bits per heavy atom. The van der Waals surface area contributed by atoms with E-state index >= 15 is 0 Å². The van der Waals surface area contributed by atoms with E-state index in [0.29, 0.717) is 6.04 Å². The van der Waals surface area contributed by atoms with Crippen molar-refractivity contribution in [3.63, 3.8) is 0 Å². The highest BCUT2D eigenvalue weighted by Crippen LogP contribution is 2.25. The fourth-order valence-electron chi connectivity index (χ4n) is 2.84. The van der Waals surface area contributed by atoms with Gasteiger partial charge in [0.05, 0.1) is 6.61 Å². The maximum absolute atomic E-state index is 5.53. The van der Waals surface area contributed by atoms with E-state index in [0.717, 1.165) is 38.3 Å². The number of rotatable bonds is 4. The standard InChI is InChI=1S/C15H22N2O/c1-2-14(11-16-7-1)17-8-5-12-3-4-15-13(10-12)6-9-18-15/h3-4,10,14,16-17H,1-2,5-9,11H2. The van der Waals surface area contributed by atoms with E-state index in [-0.39, 0.29) is 0 Å². The second-order valence-electron chi connectivity index (χ2n) is 5.29. The lowest BCUT2D eigenvalue weighted by molar-refractivity contribution is 0.357. The molecule has 0 aromatic heterocycles. The Hall–Kier alpha value is -1.06. The molecule has 1 saturated heterocycles. The van der Waals surface area contributed by atoms with Crippen molar-refractivity contribution in [1.29, 1.82) is 0 Å². The summed E-state index contributed by atoms with van der Waals surface area (Å²) in [4.78, 5) is 0. The fraction of sp³-hybridized carbons (Fsp3) is 0.600. The molecule has 0 spiro atoms. The fourth-order valence-corrected chi connectivity index (χ4v) is 2.84. The molecule has 1 unspecified atom stereocenters. The van der Waals surface area contributed by atoms with Gasteiger partial charge in [-0.1, -0.05) is 12.1 Å². The van der Waals surface area contributed by atoms with Gasteiger partial charge in [0, 0.05) is 19.0 Å². The molecule has 2 N–H and O–H groups in total. The smallest absolute Gasteiger partial charge is 0.122 e. The molecule has 1 atom stereocenters. The summed E-state index contributed by atoms with van der Waals surface area (Å²) < 4.78 is 5.53. The molecule has 2 heterocycles. The lowest BCUT2D eigenvalue weighted by Crippen LogP contribution is -2.43. The minimum Gasteiger partial charge on any atom is -0.493 e. The Labute approximate surface area is 109 Å². The van der Waals surface area contributed by atoms with Crippen LogP contribution in [-0.2, 0) is 12.8 Å². The van der Waals surface area contributed by atoms with E-state index in [2.05, 4.69) is 28.8 Å². The zero-order valence-corrected chi connectivity index (χ0v) is 10.9. The quantitative estimate of drug-likeness (QED) is 0.845. The molecule has 2 aliphatic heterocycles. The van der Waals surface area contributed by atoms with Gasteiger partial charge in [-0.2, -0.15) is 0 Å². The molecule has 0 aliphatic carbocycles. The molecular weight excluding hydrogens is 224 g/mol. The van der Waals surface area contributed by atoms with Crippen LogP contribution in [0.15, 0.2) is 18.2 Å². The van der Waals surface area contributed by atoms with Crippen molar-refractivity contribution in [3.05, 3.63) is 29.3 Å². The van der Waals surface area contributed by atoms with Crippen molar-refractivity contribution in [1.82, 2.24) is 10.6 Å². The predicted molar refractivity (Wildman–Crippen MR) is 73.2 cm³/mol. The zero-order chi connectivity index (χ0) is 12.2. The molecule has 0 amide bonds. The van der Waals surface area contributed by atoms with Crippen LogP contribution >= 0.6 is 0 Å². The molecule has 0 bridgehead atoms. The topological polar surface area (TPSA) is 33.3 Å². The first-order chi connectivity index (χ1) is 8.92. The summed E-state index contributed by atoms with van der Waals surface area (Å²) in [5.41, 5.74) is 2.81. The van der Waals surface area contributed by atoms with Gasteiger partial charge in [-0.3, -0.25) is 0 Å². The molecule has 1 aromatic rings. The monoisotopic (exact) mass is 246 g/mol. The summed E-state index contributed by atoms with van der Waals surface area (Å²) in [6.45, 7) is 4.23. The average molecular weight is 246 g/mol. The molecule has 0 radical (unpaired) electrons. The highest BCUT2D eigenvalue weighted by molar-refractivity contribution is 5.39. The Balaban J connectivity index is 1.48. The van der Waals surface area contributed by atoms with Crippen molar-refractivity contribution in [2.24, 2.45) is 0 Å². The Morgan fingerprint density at radius 2 is 2.39 bits per heavy atom. The molecule has 3 rings (SSSR count). The first kappa shape index (κ1) is 12.0. The Bertz CT molecular complexity index is 399. The van der Waals surface area contributed by atoms with Crippen molar-refractivity contribution in [2.45, 2.75) is 31.7 Å². The molecule has 3 heteroatoms. The van der Waals surface area contributed by atoms with Crippen molar-refractivity contribution < 1.29 is 4.74 Å². The van der Waals surface area contributed by atoms with Gasteiger partial charge in [-0.05, 0) is 49.5 Å². The first-order valence-corrected chi connectivity index (χ1v) is 7.10. The first-order valence-electron chi connectivity index (χ1n) is 7.10. The second kappa shape index (κ2) is 5.72. The average Bonchev–Trinajstić information content (AvgIpc) is 2.87. The third-order valence-electron chi connectivity index (χ3n) is 3.90. The number of benzene rings is 1. The molecule has 1 aromatic carbocycles. The predicted octanol–water partition coefficient (Wildman–Crippen LogP) is 1.51. The highest BCUT2D eigenvalue weighted by Gasteiger charge is 2.13. The molecule has 0 saturated carbocycles. The van der Waals surface area contributed by atoms with Crippen LogP contribution in [0, 0.1) is 0 Å². The molecule has 1 fully saturated rings. The van der Waals surface area contributed by atoms with Gasteiger partial charge >= 0.3 is 0 Å². The zero-order valence-electron chi connectivity index (χ0n) is 10.9. The summed E-state index contributed by atoms with van der Waals surface area (Å²) >= 11 is 0. The molecule has 2 aliphatic rings. The minimum atomic E-state index is 0.663. The van der Waals surface area contributed by atoms with Gasteiger partial charge in [0.2, 0.25) is 0 Å². The summed E-state index contributed by atoms with van der Waals surface area (Å²) in [5.74, 6) is 1.09. The van der Waals surface area contributed by atoms with Crippen LogP contribution in [0.4, 0.5) is 0 Å². The maximum atomic E-state index is 5.53. The van der Waals surface area contributed by atoms with E-state index in [1.807, 2.05) is 0 Å². The van der Waals surface area contributed by atoms with Crippen LogP contribution < -0.4 is 15.4 Å². The number of fused-ring (bicyclic) bond motifs is 1. The summed E-state index contributed by atoms with van der Waals surface area (Å²) in [7, 11) is 0. The van der Waals surface area contributed by atoms with Gasteiger partial charge in [-0.25, -0.2) is 0 Å². The van der Waals surface area contributed by atoms with E-state index in [1.165, 1.54) is 30.5 Å². The number of hydrogen-bond acceptors (Lipinski definition) is 3. The normalized spacial score (nSPS) is 22.6. The van der Waals surface area contributed by atoms with E-state index in [9.17, 15) is 0 Å². The third kappa shape index (κ3) is 2.85.